The van der Waals surface area contributed by atoms with Gasteiger partial charge in [-0.2, -0.15) is 5.10 Å². The monoisotopic (exact) mass is 346 g/mol. The maximum Gasteiger partial charge on any atom is 0.260 e. The highest BCUT2D eigenvalue weighted by molar-refractivity contribution is 6.36. The minimum Gasteiger partial charge on any atom is -0.321 e. The fraction of sp³-hybridized carbons (Fsp3) is 0.0625. The number of halogens is 2. The summed E-state index contributed by atoms with van der Waals surface area (Å²) in [7, 11) is 0. The number of carbonyl (C=O) groups excluding carboxylic acids is 1. The Hall–Kier alpha value is -2.37. The van der Waals surface area contributed by atoms with E-state index >= 15 is 0 Å². The average Bonchev–Trinajstić information content (AvgIpc) is 2.93. The number of fused-ring (bicyclic) bond motifs is 1. The molecule has 3 rings (SSSR count). The number of rotatable bonds is 4. The number of nitrogens with zero attached hydrogens (tertiary/aromatic N) is 3. The summed E-state index contributed by atoms with van der Waals surface area (Å²) in [6.45, 7) is 0.131. The maximum absolute atomic E-state index is 12.0. The zero-order valence-electron chi connectivity index (χ0n) is 11.9. The van der Waals surface area contributed by atoms with Crippen LogP contribution >= 0.6 is 23.2 Å². The summed E-state index contributed by atoms with van der Waals surface area (Å²) < 4.78 is 1.76. The fourth-order valence-corrected chi connectivity index (χ4v) is 2.56. The van der Waals surface area contributed by atoms with E-state index in [1.54, 1.807) is 29.1 Å². The van der Waals surface area contributed by atoms with Crippen LogP contribution in [0.1, 0.15) is 5.56 Å². The number of amides is 1. The lowest BCUT2D eigenvalue weighted by Gasteiger charge is -2.03. The lowest BCUT2D eigenvalue weighted by Crippen LogP contribution is -2.22. The van der Waals surface area contributed by atoms with Crippen molar-refractivity contribution in [1.82, 2.24) is 15.0 Å². The Kier molecular flexibility index (Phi) is 4.60. The van der Waals surface area contributed by atoms with E-state index in [0.717, 1.165) is 11.0 Å². The molecule has 0 spiro atoms. The molecular formula is C16H12Cl2N4O. The number of nitrogens with one attached hydrogen (secondary N) is 1. The van der Waals surface area contributed by atoms with Crippen LogP contribution in [0.25, 0.3) is 11.0 Å². The molecule has 0 bridgehead atoms. The zero-order chi connectivity index (χ0) is 16.2. The summed E-state index contributed by atoms with van der Waals surface area (Å²) in [6.07, 6.45) is 3.10. The zero-order valence-corrected chi connectivity index (χ0v) is 13.4. The second-order valence-corrected chi connectivity index (χ2v) is 5.66. The number of para-hydroxylation sites is 2. The number of benzene rings is 2. The van der Waals surface area contributed by atoms with Crippen LogP contribution in [-0.4, -0.2) is 21.7 Å². The van der Waals surface area contributed by atoms with E-state index in [1.165, 1.54) is 6.21 Å². The molecule has 1 N–H and O–H groups in total. The molecule has 0 atom stereocenters. The Bertz CT molecular complexity index is 889. The van der Waals surface area contributed by atoms with Crippen molar-refractivity contribution >= 4 is 46.4 Å². The van der Waals surface area contributed by atoms with E-state index in [1.807, 2.05) is 24.3 Å². The van der Waals surface area contributed by atoms with Crippen molar-refractivity contribution in [2.45, 2.75) is 6.54 Å². The second kappa shape index (κ2) is 6.81. The summed E-state index contributed by atoms with van der Waals surface area (Å²) >= 11 is 11.8. The van der Waals surface area contributed by atoms with Crippen LogP contribution in [-0.2, 0) is 11.3 Å². The van der Waals surface area contributed by atoms with Crippen molar-refractivity contribution in [3.63, 3.8) is 0 Å². The lowest BCUT2D eigenvalue weighted by atomic mass is 10.2. The Balaban J connectivity index is 1.64. The molecule has 0 aliphatic rings. The van der Waals surface area contributed by atoms with Gasteiger partial charge >= 0.3 is 0 Å². The predicted molar refractivity (Wildman–Crippen MR) is 91.9 cm³/mol. The van der Waals surface area contributed by atoms with Gasteiger partial charge < -0.3 is 4.57 Å². The van der Waals surface area contributed by atoms with Gasteiger partial charge in [0, 0.05) is 10.6 Å². The Labute approximate surface area is 142 Å². The Morgan fingerprint density at radius 3 is 2.91 bits per heavy atom. The third-order valence-electron chi connectivity index (χ3n) is 3.20. The van der Waals surface area contributed by atoms with E-state index in [9.17, 15) is 4.79 Å². The molecular weight excluding hydrogens is 335 g/mol. The molecule has 116 valence electrons. The van der Waals surface area contributed by atoms with Gasteiger partial charge in [0.05, 0.1) is 28.6 Å². The van der Waals surface area contributed by atoms with Crippen LogP contribution in [0.3, 0.4) is 0 Å². The smallest absolute Gasteiger partial charge is 0.260 e. The van der Waals surface area contributed by atoms with E-state index in [-0.39, 0.29) is 12.5 Å². The summed E-state index contributed by atoms with van der Waals surface area (Å²) in [5, 5.41) is 4.92. The van der Waals surface area contributed by atoms with Gasteiger partial charge in [0.15, 0.2) is 0 Å². The van der Waals surface area contributed by atoms with Crippen LogP contribution < -0.4 is 5.43 Å². The van der Waals surface area contributed by atoms with Crippen LogP contribution in [0.5, 0.6) is 0 Å². The number of hydrazone groups is 1. The minimum absolute atomic E-state index is 0.131. The van der Waals surface area contributed by atoms with Gasteiger partial charge in [-0.1, -0.05) is 41.4 Å². The topological polar surface area (TPSA) is 59.3 Å². The summed E-state index contributed by atoms with van der Waals surface area (Å²) in [6, 6.07) is 12.7. The summed E-state index contributed by atoms with van der Waals surface area (Å²) in [5.41, 5.74) is 4.88. The molecule has 0 saturated carbocycles. The van der Waals surface area contributed by atoms with Crippen molar-refractivity contribution in [2.24, 2.45) is 5.10 Å². The molecule has 0 aliphatic carbocycles. The minimum atomic E-state index is -0.255. The molecule has 1 aromatic heterocycles. The van der Waals surface area contributed by atoms with E-state index < -0.39 is 0 Å². The van der Waals surface area contributed by atoms with Crippen LogP contribution in [0.4, 0.5) is 0 Å². The number of aromatic nitrogens is 2. The van der Waals surface area contributed by atoms with E-state index in [4.69, 9.17) is 23.2 Å². The molecule has 0 fully saturated rings. The van der Waals surface area contributed by atoms with Gasteiger partial charge in [0.1, 0.15) is 6.54 Å². The molecule has 0 radical (unpaired) electrons. The third kappa shape index (κ3) is 3.70. The molecule has 0 aliphatic heterocycles. The number of hydrogen-bond acceptors (Lipinski definition) is 3. The second-order valence-electron chi connectivity index (χ2n) is 4.82. The van der Waals surface area contributed by atoms with E-state index in [0.29, 0.717) is 15.6 Å². The van der Waals surface area contributed by atoms with Gasteiger partial charge in [0.2, 0.25) is 0 Å². The fourth-order valence-electron chi connectivity index (χ4n) is 2.11. The van der Waals surface area contributed by atoms with Crippen LogP contribution in [0.2, 0.25) is 10.0 Å². The molecule has 1 heterocycles. The highest BCUT2D eigenvalue weighted by atomic mass is 35.5. The largest absolute Gasteiger partial charge is 0.321 e. The van der Waals surface area contributed by atoms with Gasteiger partial charge in [-0.3, -0.25) is 4.79 Å². The molecule has 0 unspecified atom stereocenters. The summed E-state index contributed by atoms with van der Waals surface area (Å²) in [4.78, 5) is 16.2. The van der Waals surface area contributed by atoms with Crippen molar-refractivity contribution in [3.8, 4) is 0 Å². The lowest BCUT2D eigenvalue weighted by molar-refractivity contribution is -0.121. The highest BCUT2D eigenvalue weighted by Gasteiger charge is 2.06. The molecule has 1 amide bonds. The van der Waals surface area contributed by atoms with Gasteiger partial charge in [0.25, 0.3) is 5.91 Å². The molecule has 7 heteroatoms. The third-order valence-corrected chi connectivity index (χ3v) is 3.76. The van der Waals surface area contributed by atoms with Crippen molar-refractivity contribution in [1.29, 1.82) is 0 Å². The first kappa shape index (κ1) is 15.5. The Morgan fingerprint density at radius 2 is 2.09 bits per heavy atom. The first-order chi connectivity index (χ1) is 11.1. The summed E-state index contributed by atoms with van der Waals surface area (Å²) in [5.74, 6) is -0.255. The van der Waals surface area contributed by atoms with Gasteiger partial charge in [-0.15, -0.1) is 0 Å². The molecule has 3 aromatic rings. The number of imidazole rings is 1. The number of hydrogen-bond donors (Lipinski definition) is 1. The van der Waals surface area contributed by atoms with Gasteiger partial charge in [-0.05, 0) is 24.3 Å². The Morgan fingerprint density at radius 1 is 1.26 bits per heavy atom. The van der Waals surface area contributed by atoms with Crippen molar-refractivity contribution in [3.05, 3.63) is 64.4 Å². The highest BCUT2D eigenvalue weighted by Crippen LogP contribution is 2.19. The van der Waals surface area contributed by atoms with Gasteiger partial charge in [-0.25, -0.2) is 10.4 Å². The molecule has 23 heavy (non-hydrogen) atoms. The van der Waals surface area contributed by atoms with Crippen molar-refractivity contribution in [2.75, 3.05) is 0 Å². The molecule has 2 aromatic carbocycles. The molecule has 0 saturated heterocycles. The normalized spacial score (nSPS) is 11.2. The number of carbonyl (C=O) groups is 1. The quantitative estimate of drug-likeness (QED) is 0.580. The van der Waals surface area contributed by atoms with E-state index in [2.05, 4.69) is 15.5 Å². The van der Waals surface area contributed by atoms with Crippen LogP contribution in [0.15, 0.2) is 53.9 Å². The maximum atomic E-state index is 12.0. The van der Waals surface area contributed by atoms with Crippen LogP contribution in [0, 0.1) is 0 Å². The predicted octanol–water partition coefficient (Wildman–Crippen LogP) is 3.49. The standard InChI is InChI=1S/C16H12Cl2N4O/c17-12-6-5-11(13(18)7-12)8-20-21-16(23)9-22-10-19-14-3-1-2-4-15(14)22/h1-8,10H,9H2,(H,21,23)/b20-8+. The first-order valence-electron chi connectivity index (χ1n) is 6.80. The molecule has 5 nitrogen and oxygen atoms in total. The van der Waals surface area contributed by atoms with Crippen molar-refractivity contribution < 1.29 is 4.79 Å². The average molecular weight is 347 g/mol. The SMILES string of the molecule is O=C(Cn1cnc2ccccc21)N/N=C/c1ccc(Cl)cc1Cl. The first-order valence-corrected chi connectivity index (χ1v) is 7.56.